The molecule has 156 valence electrons. The smallest absolute Gasteiger partial charge is 0.408 e. The van der Waals surface area contributed by atoms with Crippen LogP contribution in [0.2, 0.25) is 0 Å². The van der Waals surface area contributed by atoms with Crippen molar-refractivity contribution in [2.75, 3.05) is 20.8 Å². The van der Waals surface area contributed by atoms with E-state index in [4.69, 9.17) is 14.2 Å². The number of methoxy groups -OCH3 is 2. The van der Waals surface area contributed by atoms with Crippen molar-refractivity contribution in [3.63, 3.8) is 0 Å². The minimum absolute atomic E-state index is 0.230. The quantitative estimate of drug-likeness (QED) is 0.600. The maximum Gasteiger partial charge on any atom is 0.408 e. The molecule has 1 aliphatic heterocycles. The Balaban J connectivity index is 1.94. The van der Waals surface area contributed by atoms with E-state index in [1.54, 1.807) is 6.07 Å². The second-order valence-corrected chi connectivity index (χ2v) is 6.72. The van der Waals surface area contributed by atoms with Crippen LogP contribution < -0.4 is 9.47 Å². The number of benzene rings is 2. The summed E-state index contributed by atoms with van der Waals surface area (Å²) in [5.74, 6) is 6.18. The van der Waals surface area contributed by atoms with E-state index in [9.17, 15) is 14.7 Å². The average Bonchev–Trinajstić information content (AvgIpc) is 3.25. The number of hydrogen-bond donors (Lipinski definition) is 1. The molecule has 7 nitrogen and oxygen atoms in total. The van der Waals surface area contributed by atoms with Crippen molar-refractivity contribution in [1.82, 2.24) is 4.90 Å². The van der Waals surface area contributed by atoms with Gasteiger partial charge in [-0.3, -0.25) is 4.90 Å². The van der Waals surface area contributed by atoms with Crippen LogP contribution in [0.3, 0.4) is 0 Å². The Hall–Kier alpha value is -3.66. The lowest BCUT2D eigenvalue weighted by Crippen LogP contribution is -2.33. The molecule has 30 heavy (non-hydrogen) atoms. The van der Waals surface area contributed by atoms with Gasteiger partial charge in [0, 0.05) is 18.2 Å². The molecule has 0 radical (unpaired) electrons. The summed E-state index contributed by atoms with van der Waals surface area (Å²) in [5.41, 5.74) is 1.60. The van der Waals surface area contributed by atoms with Crippen LogP contribution in [0.1, 0.15) is 34.3 Å². The molecule has 1 amide bonds. The molecule has 0 bridgehead atoms. The Kier molecular flexibility index (Phi) is 6.81. The van der Waals surface area contributed by atoms with E-state index in [0.717, 1.165) is 12.0 Å². The van der Waals surface area contributed by atoms with Gasteiger partial charge < -0.3 is 19.3 Å². The zero-order valence-corrected chi connectivity index (χ0v) is 16.9. The van der Waals surface area contributed by atoms with Crippen LogP contribution in [-0.2, 0) is 11.3 Å². The van der Waals surface area contributed by atoms with Crippen molar-refractivity contribution in [3.8, 4) is 23.3 Å². The summed E-state index contributed by atoms with van der Waals surface area (Å²) >= 11 is 0. The van der Waals surface area contributed by atoms with Gasteiger partial charge in [0.05, 0.1) is 25.8 Å². The van der Waals surface area contributed by atoms with Gasteiger partial charge >= 0.3 is 12.1 Å². The molecule has 0 unspecified atom stereocenters. The molecule has 0 spiro atoms. The molecule has 0 saturated carbocycles. The van der Waals surface area contributed by atoms with E-state index >= 15 is 0 Å². The molecule has 2 aromatic carbocycles. The standard InChI is InChI=1S/C23H23NO6/c1-28-20-14-19(22(25)29-2)17(10-11-18-9-6-12-24(18)23(26)27)13-21(20)30-15-16-7-4-3-5-8-16/h3-5,7-8,13-14,18H,6,9,12,15H2,1-2H3,(H,26,27)/t18-/m0/s1. The first-order valence-electron chi connectivity index (χ1n) is 9.51. The minimum Gasteiger partial charge on any atom is -0.493 e. The summed E-state index contributed by atoms with van der Waals surface area (Å²) < 4.78 is 16.2. The Labute approximate surface area is 175 Å². The summed E-state index contributed by atoms with van der Waals surface area (Å²) in [5, 5.41) is 9.30. The molecule has 2 aromatic rings. The van der Waals surface area contributed by atoms with Crippen molar-refractivity contribution < 1.29 is 28.9 Å². The molecule has 0 aromatic heterocycles. The topological polar surface area (TPSA) is 85.3 Å². The van der Waals surface area contributed by atoms with Gasteiger partial charge in [-0.25, -0.2) is 9.59 Å². The molecule has 1 heterocycles. The summed E-state index contributed by atoms with van der Waals surface area (Å²) in [6, 6.07) is 12.4. The first-order chi connectivity index (χ1) is 14.5. The van der Waals surface area contributed by atoms with Gasteiger partial charge in [-0.1, -0.05) is 42.2 Å². The number of nitrogens with zero attached hydrogens (tertiary/aromatic N) is 1. The number of carboxylic acid groups (broad SMARTS) is 1. The van der Waals surface area contributed by atoms with Crippen LogP contribution in [0.15, 0.2) is 42.5 Å². The van der Waals surface area contributed by atoms with Crippen molar-refractivity contribution in [2.24, 2.45) is 0 Å². The van der Waals surface area contributed by atoms with Gasteiger partial charge in [-0.15, -0.1) is 0 Å². The maximum atomic E-state index is 12.3. The Morgan fingerprint density at radius 2 is 1.93 bits per heavy atom. The largest absolute Gasteiger partial charge is 0.493 e. The highest BCUT2D eigenvalue weighted by Crippen LogP contribution is 2.32. The van der Waals surface area contributed by atoms with Gasteiger partial charge in [-0.2, -0.15) is 0 Å². The number of rotatable bonds is 5. The highest BCUT2D eigenvalue weighted by molar-refractivity contribution is 5.93. The monoisotopic (exact) mass is 409 g/mol. The molecular weight excluding hydrogens is 386 g/mol. The highest BCUT2D eigenvalue weighted by atomic mass is 16.5. The third kappa shape index (κ3) is 4.84. The van der Waals surface area contributed by atoms with Crippen LogP contribution in [0, 0.1) is 11.8 Å². The number of carbonyl (C=O) groups excluding carboxylic acids is 1. The van der Waals surface area contributed by atoms with Gasteiger partial charge in [-0.05, 0) is 24.5 Å². The number of likely N-dealkylation sites (tertiary alicyclic amines) is 1. The van der Waals surface area contributed by atoms with E-state index in [-0.39, 0.29) is 5.56 Å². The number of hydrogen-bond acceptors (Lipinski definition) is 5. The normalized spacial score (nSPS) is 15.1. The average molecular weight is 409 g/mol. The predicted octanol–water partition coefficient (Wildman–Crippen LogP) is 3.55. The molecule has 1 atom stereocenters. The lowest BCUT2D eigenvalue weighted by molar-refractivity contribution is 0.0599. The minimum atomic E-state index is -0.999. The third-order valence-electron chi connectivity index (χ3n) is 4.82. The van der Waals surface area contributed by atoms with Crippen LogP contribution in [0.4, 0.5) is 4.79 Å². The molecule has 1 fully saturated rings. The fraction of sp³-hybridized carbons (Fsp3) is 0.304. The van der Waals surface area contributed by atoms with E-state index < -0.39 is 18.1 Å². The van der Waals surface area contributed by atoms with Gasteiger partial charge in [0.2, 0.25) is 0 Å². The number of ether oxygens (including phenoxy) is 3. The highest BCUT2D eigenvalue weighted by Gasteiger charge is 2.27. The second-order valence-electron chi connectivity index (χ2n) is 6.72. The Morgan fingerprint density at radius 3 is 2.60 bits per heavy atom. The van der Waals surface area contributed by atoms with E-state index in [0.29, 0.717) is 36.6 Å². The van der Waals surface area contributed by atoms with E-state index in [1.807, 2.05) is 30.3 Å². The lowest BCUT2D eigenvalue weighted by Gasteiger charge is -2.16. The molecule has 0 aliphatic carbocycles. The van der Waals surface area contributed by atoms with Crippen molar-refractivity contribution in [3.05, 3.63) is 59.2 Å². The fourth-order valence-electron chi connectivity index (χ4n) is 3.26. The van der Waals surface area contributed by atoms with Crippen molar-refractivity contribution >= 4 is 12.1 Å². The van der Waals surface area contributed by atoms with Crippen LogP contribution >= 0.6 is 0 Å². The fourth-order valence-corrected chi connectivity index (χ4v) is 3.26. The summed E-state index contributed by atoms with van der Waals surface area (Å²) in [7, 11) is 2.77. The first-order valence-corrected chi connectivity index (χ1v) is 9.51. The number of esters is 1. The van der Waals surface area contributed by atoms with Crippen molar-refractivity contribution in [1.29, 1.82) is 0 Å². The predicted molar refractivity (Wildman–Crippen MR) is 110 cm³/mol. The van der Waals surface area contributed by atoms with Crippen molar-refractivity contribution in [2.45, 2.75) is 25.5 Å². The number of carbonyl (C=O) groups is 2. The SMILES string of the molecule is COC(=O)c1cc(OC)c(OCc2ccccc2)cc1C#C[C@@H]1CCCN1C(=O)O. The Bertz CT molecular complexity index is 976. The Morgan fingerprint density at radius 1 is 1.17 bits per heavy atom. The number of amides is 1. The van der Waals surface area contributed by atoms with Gasteiger partial charge in [0.25, 0.3) is 0 Å². The molecule has 3 rings (SSSR count). The van der Waals surface area contributed by atoms with Gasteiger partial charge in [0.15, 0.2) is 11.5 Å². The second kappa shape index (κ2) is 9.70. The molecule has 1 aliphatic rings. The summed E-state index contributed by atoms with van der Waals surface area (Å²) in [6.45, 7) is 0.768. The van der Waals surface area contributed by atoms with E-state index in [1.165, 1.54) is 25.2 Å². The van der Waals surface area contributed by atoms with E-state index in [2.05, 4.69) is 11.8 Å². The van der Waals surface area contributed by atoms with Crippen LogP contribution in [0.25, 0.3) is 0 Å². The lowest BCUT2D eigenvalue weighted by atomic mass is 10.1. The molecule has 1 saturated heterocycles. The first kappa shape index (κ1) is 21.1. The van der Waals surface area contributed by atoms with Crippen LogP contribution in [0.5, 0.6) is 11.5 Å². The zero-order valence-electron chi connectivity index (χ0n) is 16.9. The third-order valence-corrected chi connectivity index (χ3v) is 4.82. The molecular formula is C23H23NO6. The van der Waals surface area contributed by atoms with Gasteiger partial charge in [0.1, 0.15) is 6.61 Å². The maximum absolute atomic E-state index is 12.3. The summed E-state index contributed by atoms with van der Waals surface area (Å²) in [4.78, 5) is 24.9. The summed E-state index contributed by atoms with van der Waals surface area (Å²) in [6.07, 6.45) is 0.408. The van der Waals surface area contributed by atoms with Crippen LogP contribution in [-0.4, -0.2) is 48.9 Å². The molecule has 1 N–H and O–H groups in total. The zero-order chi connectivity index (χ0) is 21.5. The molecule has 7 heteroatoms.